The van der Waals surface area contributed by atoms with E-state index in [1.165, 1.54) is 6.07 Å². The molecule has 84 valence electrons. The van der Waals surface area contributed by atoms with Gasteiger partial charge in [-0.25, -0.2) is 4.39 Å². The number of phenols is 1. The van der Waals surface area contributed by atoms with Crippen LogP contribution in [0.2, 0.25) is 0 Å². The van der Waals surface area contributed by atoms with Gasteiger partial charge in [0.05, 0.1) is 0 Å². The van der Waals surface area contributed by atoms with Crippen LogP contribution < -0.4 is 5.32 Å². The number of rotatable bonds is 5. The Hall–Kier alpha value is -1.13. The Morgan fingerprint density at radius 1 is 1.33 bits per heavy atom. The van der Waals surface area contributed by atoms with Gasteiger partial charge in [0.15, 0.2) is 0 Å². The molecular formula is C11H17FN2O. The lowest BCUT2D eigenvalue weighted by molar-refractivity contribution is 0.399. The smallest absolute Gasteiger partial charge is 0.127 e. The molecule has 0 aliphatic rings. The van der Waals surface area contributed by atoms with Crippen LogP contribution >= 0.6 is 0 Å². The summed E-state index contributed by atoms with van der Waals surface area (Å²) in [5.74, 6) is -0.432. The maximum atomic E-state index is 12.9. The quantitative estimate of drug-likeness (QED) is 0.719. The van der Waals surface area contributed by atoms with Crippen molar-refractivity contribution < 1.29 is 9.50 Å². The van der Waals surface area contributed by atoms with Crippen LogP contribution in [0.25, 0.3) is 0 Å². The zero-order valence-electron chi connectivity index (χ0n) is 9.13. The zero-order valence-corrected chi connectivity index (χ0v) is 9.13. The van der Waals surface area contributed by atoms with Crippen molar-refractivity contribution in [2.75, 3.05) is 27.2 Å². The topological polar surface area (TPSA) is 35.5 Å². The largest absolute Gasteiger partial charge is 0.508 e. The molecule has 0 fully saturated rings. The van der Waals surface area contributed by atoms with E-state index >= 15 is 0 Å². The molecule has 0 saturated carbocycles. The van der Waals surface area contributed by atoms with Gasteiger partial charge in [-0.05, 0) is 31.8 Å². The molecule has 3 nitrogen and oxygen atoms in total. The van der Waals surface area contributed by atoms with E-state index in [4.69, 9.17) is 5.11 Å². The van der Waals surface area contributed by atoms with Gasteiger partial charge in [-0.1, -0.05) is 0 Å². The van der Waals surface area contributed by atoms with E-state index in [-0.39, 0.29) is 5.75 Å². The molecule has 1 rings (SSSR count). The molecule has 0 aliphatic carbocycles. The molecule has 0 saturated heterocycles. The molecule has 0 atom stereocenters. The molecule has 1 aromatic rings. The summed E-state index contributed by atoms with van der Waals surface area (Å²) in [6.07, 6.45) is 0. The minimum atomic E-state index is -0.403. The fraction of sp³-hybridized carbons (Fsp3) is 0.455. The molecule has 1 aromatic carbocycles. The predicted octanol–water partition coefficient (Wildman–Crippen LogP) is 1.18. The van der Waals surface area contributed by atoms with Gasteiger partial charge >= 0.3 is 0 Å². The predicted molar refractivity (Wildman–Crippen MR) is 58.3 cm³/mol. The van der Waals surface area contributed by atoms with Crippen molar-refractivity contribution in [3.8, 4) is 5.75 Å². The number of halogens is 1. The molecule has 0 unspecified atom stereocenters. The lowest BCUT2D eigenvalue weighted by atomic mass is 10.2. The molecule has 0 amide bonds. The third-order valence-corrected chi connectivity index (χ3v) is 2.01. The van der Waals surface area contributed by atoms with Crippen LogP contribution in [-0.4, -0.2) is 37.2 Å². The summed E-state index contributed by atoms with van der Waals surface area (Å²) >= 11 is 0. The summed E-state index contributed by atoms with van der Waals surface area (Å²) in [5, 5.41) is 12.3. The zero-order chi connectivity index (χ0) is 11.3. The molecule has 0 bridgehead atoms. The standard InChI is InChI=1S/C11H17FN2O/c1-14(2)4-3-13-8-9-5-10(12)7-11(15)6-9/h5-7,13,15H,3-4,8H2,1-2H3. The van der Waals surface area contributed by atoms with Crippen molar-refractivity contribution in [3.05, 3.63) is 29.6 Å². The number of hydrogen-bond donors (Lipinski definition) is 2. The maximum Gasteiger partial charge on any atom is 0.127 e. The molecule has 0 spiro atoms. The van der Waals surface area contributed by atoms with Crippen molar-refractivity contribution in [3.63, 3.8) is 0 Å². The molecule has 0 aliphatic heterocycles. The number of hydrogen-bond acceptors (Lipinski definition) is 3. The first-order valence-electron chi connectivity index (χ1n) is 4.92. The second-order valence-electron chi connectivity index (χ2n) is 3.80. The summed E-state index contributed by atoms with van der Waals surface area (Å²) in [4.78, 5) is 2.07. The second-order valence-corrected chi connectivity index (χ2v) is 3.80. The van der Waals surface area contributed by atoms with E-state index in [2.05, 4.69) is 10.2 Å². The lowest BCUT2D eigenvalue weighted by Crippen LogP contribution is -2.26. The van der Waals surface area contributed by atoms with Crippen molar-refractivity contribution in [2.24, 2.45) is 0 Å². The van der Waals surface area contributed by atoms with Gasteiger partial charge in [-0.2, -0.15) is 0 Å². The van der Waals surface area contributed by atoms with Crippen LogP contribution in [0.3, 0.4) is 0 Å². The number of benzene rings is 1. The number of nitrogens with one attached hydrogen (secondary N) is 1. The molecule has 2 N–H and O–H groups in total. The first-order chi connectivity index (χ1) is 7.08. The van der Waals surface area contributed by atoms with Crippen molar-refractivity contribution >= 4 is 0 Å². The van der Waals surface area contributed by atoms with Crippen LogP contribution in [0.4, 0.5) is 4.39 Å². The monoisotopic (exact) mass is 212 g/mol. The number of aromatic hydroxyl groups is 1. The van der Waals surface area contributed by atoms with E-state index < -0.39 is 5.82 Å². The van der Waals surface area contributed by atoms with E-state index in [9.17, 15) is 4.39 Å². The minimum absolute atomic E-state index is 0.0283. The van der Waals surface area contributed by atoms with Crippen molar-refractivity contribution in [1.29, 1.82) is 0 Å². The fourth-order valence-electron chi connectivity index (χ4n) is 1.27. The van der Waals surface area contributed by atoms with Gasteiger partial charge in [0, 0.05) is 25.7 Å². The van der Waals surface area contributed by atoms with Gasteiger partial charge in [0.1, 0.15) is 11.6 Å². The fourth-order valence-corrected chi connectivity index (χ4v) is 1.27. The average Bonchev–Trinajstić information content (AvgIpc) is 2.10. The Morgan fingerprint density at radius 2 is 2.07 bits per heavy atom. The van der Waals surface area contributed by atoms with Gasteiger partial charge in [0.2, 0.25) is 0 Å². The highest BCUT2D eigenvalue weighted by atomic mass is 19.1. The molecule has 0 heterocycles. The summed E-state index contributed by atoms with van der Waals surface area (Å²) in [6.45, 7) is 2.34. The Labute approximate surface area is 89.5 Å². The summed E-state index contributed by atoms with van der Waals surface area (Å²) in [7, 11) is 3.99. The number of likely N-dealkylation sites (N-methyl/N-ethyl adjacent to an activating group) is 1. The summed E-state index contributed by atoms with van der Waals surface area (Å²) < 4.78 is 12.9. The third-order valence-electron chi connectivity index (χ3n) is 2.01. The van der Waals surface area contributed by atoms with Crippen LogP contribution in [0.15, 0.2) is 18.2 Å². The SMILES string of the molecule is CN(C)CCNCc1cc(O)cc(F)c1. The minimum Gasteiger partial charge on any atom is -0.508 e. The number of nitrogens with zero attached hydrogens (tertiary/aromatic N) is 1. The van der Waals surface area contributed by atoms with Gasteiger partial charge in [-0.15, -0.1) is 0 Å². The van der Waals surface area contributed by atoms with Crippen LogP contribution in [-0.2, 0) is 6.54 Å². The first kappa shape index (κ1) is 11.9. The van der Waals surface area contributed by atoms with Crippen LogP contribution in [0.1, 0.15) is 5.56 Å². The molecule has 4 heteroatoms. The summed E-state index contributed by atoms with van der Waals surface area (Å²) in [6, 6.07) is 4.08. The van der Waals surface area contributed by atoms with E-state index in [1.807, 2.05) is 14.1 Å². The van der Waals surface area contributed by atoms with Gasteiger partial charge in [-0.3, -0.25) is 0 Å². The highest BCUT2D eigenvalue weighted by Crippen LogP contribution is 2.14. The van der Waals surface area contributed by atoms with Gasteiger partial charge < -0.3 is 15.3 Å². The van der Waals surface area contributed by atoms with Crippen LogP contribution in [0.5, 0.6) is 5.75 Å². The van der Waals surface area contributed by atoms with Gasteiger partial charge in [0.25, 0.3) is 0 Å². The van der Waals surface area contributed by atoms with Crippen molar-refractivity contribution in [1.82, 2.24) is 10.2 Å². The van der Waals surface area contributed by atoms with Crippen molar-refractivity contribution in [2.45, 2.75) is 6.54 Å². The third kappa shape index (κ3) is 4.76. The molecular weight excluding hydrogens is 195 g/mol. The normalized spacial score (nSPS) is 10.9. The Bertz CT molecular complexity index is 295. The second kappa shape index (κ2) is 5.68. The van der Waals surface area contributed by atoms with E-state index in [0.717, 1.165) is 24.7 Å². The maximum absolute atomic E-state index is 12.9. The lowest BCUT2D eigenvalue weighted by Gasteiger charge is -2.10. The molecule has 0 radical (unpaired) electrons. The van der Waals surface area contributed by atoms with E-state index in [1.54, 1.807) is 6.07 Å². The highest BCUT2D eigenvalue weighted by Gasteiger charge is 1.99. The Morgan fingerprint density at radius 3 is 2.67 bits per heavy atom. The molecule has 15 heavy (non-hydrogen) atoms. The van der Waals surface area contributed by atoms with Crippen LogP contribution in [0, 0.1) is 5.82 Å². The highest BCUT2D eigenvalue weighted by molar-refractivity contribution is 5.28. The average molecular weight is 212 g/mol. The van der Waals surface area contributed by atoms with E-state index in [0.29, 0.717) is 6.54 Å². The first-order valence-corrected chi connectivity index (χ1v) is 4.92. The number of phenolic OH excluding ortho intramolecular Hbond substituents is 1. The summed E-state index contributed by atoms with van der Waals surface area (Å²) in [5.41, 5.74) is 0.756. The Kier molecular flexibility index (Phi) is 4.52. The Balaban J connectivity index is 2.37. The molecule has 0 aromatic heterocycles.